The van der Waals surface area contributed by atoms with Crippen molar-refractivity contribution in [3.8, 4) is 0 Å². The van der Waals surface area contributed by atoms with Gasteiger partial charge < -0.3 is 5.73 Å². The minimum Gasteiger partial charge on any atom is -0.398 e. The molecule has 0 bridgehead atoms. The molecule has 2 rings (SSSR count). The van der Waals surface area contributed by atoms with Crippen LogP contribution in [-0.4, -0.2) is 9.19 Å². The fourth-order valence-electron chi connectivity index (χ4n) is 1.56. The van der Waals surface area contributed by atoms with Crippen LogP contribution in [0.5, 0.6) is 0 Å². The van der Waals surface area contributed by atoms with E-state index in [1.807, 2.05) is 37.4 Å². The van der Waals surface area contributed by atoms with Gasteiger partial charge in [0.2, 0.25) is 0 Å². The highest BCUT2D eigenvalue weighted by Crippen LogP contribution is 2.21. The molecule has 0 aliphatic heterocycles. The second-order valence-corrected chi connectivity index (χ2v) is 6.37. The number of aromatic nitrogens is 1. The largest absolute Gasteiger partial charge is 0.398 e. The van der Waals surface area contributed by atoms with Crippen molar-refractivity contribution in [3.63, 3.8) is 0 Å². The SMILES string of the molecule is Cc1ccc(S(=O)Cc2csc(C)n2)c(N)c1. The maximum atomic E-state index is 12.2. The second kappa shape index (κ2) is 4.98. The summed E-state index contributed by atoms with van der Waals surface area (Å²) in [6, 6.07) is 5.61. The van der Waals surface area contributed by atoms with Crippen LogP contribution in [0.3, 0.4) is 0 Å². The summed E-state index contributed by atoms with van der Waals surface area (Å²) >= 11 is 1.57. The third kappa shape index (κ3) is 2.92. The lowest BCUT2D eigenvalue weighted by Crippen LogP contribution is -2.01. The average Bonchev–Trinajstić information content (AvgIpc) is 2.63. The third-order valence-corrected chi connectivity index (χ3v) is 4.60. The van der Waals surface area contributed by atoms with Crippen LogP contribution in [0, 0.1) is 13.8 Å². The van der Waals surface area contributed by atoms with Crippen LogP contribution in [0.4, 0.5) is 5.69 Å². The molecule has 0 aliphatic carbocycles. The van der Waals surface area contributed by atoms with Crippen LogP contribution in [0.15, 0.2) is 28.5 Å². The first kappa shape index (κ1) is 12.3. The molecule has 1 aromatic heterocycles. The molecule has 0 saturated carbocycles. The van der Waals surface area contributed by atoms with E-state index in [1.54, 1.807) is 11.3 Å². The van der Waals surface area contributed by atoms with Crippen molar-refractivity contribution in [2.24, 2.45) is 0 Å². The Morgan fingerprint density at radius 1 is 1.41 bits per heavy atom. The minimum absolute atomic E-state index is 0.428. The molecule has 1 atom stereocenters. The van der Waals surface area contributed by atoms with E-state index in [1.165, 1.54) is 0 Å². The second-order valence-electron chi connectivity index (χ2n) is 3.89. The molecule has 0 amide bonds. The molecule has 0 saturated heterocycles. The van der Waals surface area contributed by atoms with Crippen molar-refractivity contribution < 1.29 is 4.21 Å². The molecule has 3 nitrogen and oxygen atoms in total. The van der Waals surface area contributed by atoms with E-state index in [4.69, 9.17) is 5.73 Å². The number of anilines is 1. The Hall–Kier alpha value is -1.20. The summed E-state index contributed by atoms with van der Waals surface area (Å²) < 4.78 is 12.2. The van der Waals surface area contributed by atoms with Gasteiger partial charge in [-0.15, -0.1) is 11.3 Å². The zero-order chi connectivity index (χ0) is 12.4. The van der Waals surface area contributed by atoms with Crippen molar-refractivity contribution in [2.75, 3.05) is 5.73 Å². The highest BCUT2D eigenvalue weighted by molar-refractivity contribution is 7.84. The summed E-state index contributed by atoms with van der Waals surface area (Å²) in [6.45, 7) is 3.91. The van der Waals surface area contributed by atoms with Gasteiger partial charge >= 0.3 is 0 Å². The quantitative estimate of drug-likeness (QED) is 0.869. The molecule has 90 valence electrons. The maximum Gasteiger partial charge on any atom is 0.0897 e. The van der Waals surface area contributed by atoms with Gasteiger partial charge in [0, 0.05) is 11.1 Å². The number of hydrogen-bond acceptors (Lipinski definition) is 4. The van der Waals surface area contributed by atoms with Gasteiger partial charge in [0.25, 0.3) is 0 Å². The predicted octanol–water partition coefficient (Wildman–Crippen LogP) is 2.65. The Bertz CT molecular complexity index is 563. The number of benzene rings is 1. The lowest BCUT2D eigenvalue weighted by atomic mass is 10.2. The summed E-state index contributed by atoms with van der Waals surface area (Å²) in [5, 5.41) is 2.94. The standard InChI is InChI=1S/C12H14N2OS2/c1-8-3-4-12(11(13)5-8)17(15)7-10-6-16-9(2)14-10/h3-6H,7,13H2,1-2H3. The Morgan fingerprint density at radius 2 is 2.18 bits per heavy atom. The Morgan fingerprint density at radius 3 is 2.76 bits per heavy atom. The van der Waals surface area contributed by atoms with Crippen molar-refractivity contribution in [3.05, 3.63) is 39.8 Å². The molecule has 1 aromatic carbocycles. The molecule has 5 heteroatoms. The zero-order valence-corrected chi connectivity index (χ0v) is 11.4. The Balaban J connectivity index is 2.20. The van der Waals surface area contributed by atoms with Crippen LogP contribution in [-0.2, 0) is 16.6 Å². The lowest BCUT2D eigenvalue weighted by Gasteiger charge is -2.05. The number of thiazole rings is 1. The van der Waals surface area contributed by atoms with Gasteiger partial charge in [-0.05, 0) is 31.5 Å². The molecule has 2 N–H and O–H groups in total. The van der Waals surface area contributed by atoms with Crippen molar-refractivity contribution in [2.45, 2.75) is 24.5 Å². The molecule has 1 heterocycles. The summed E-state index contributed by atoms with van der Waals surface area (Å²) in [7, 11) is -1.12. The number of nitrogen functional groups attached to an aromatic ring is 1. The van der Waals surface area contributed by atoms with Gasteiger partial charge in [-0.25, -0.2) is 4.98 Å². The minimum atomic E-state index is -1.12. The van der Waals surface area contributed by atoms with E-state index >= 15 is 0 Å². The van der Waals surface area contributed by atoms with Gasteiger partial charge in [0.05, 0.1) is 32.1 Å². The molecule has 0 spiro atoms. The molecular weight excluding hydrogens is 252 g/mol. The molecule has 1 unspecified atom stereocenters. The highest BCUT2D eigenvalue weighted by Gasteiger charge is 2.10. The smallest absolute Gasteiger partial charge is 0.0897 e. The van der Waals surface area contributed by atoms with Crippen LogP contribution < -0.4 is 5.73 Å². The van der Waals surface area contributed by atoms with Crippen molar-refractivity contribution >= 4 is 27.8 Å². The fraction of sp³-hybridized carbons (Fsp3) is 0.250. The summed E-state index contributed by atoms with van der Waals surface area (Å²) in [5.74, 6) is 0.428. The molecular formula is C12H14N2OS2. The average molecular weight is 266 g/mol. The van der Waals surface area contributed by atoms with E-state index in [9.17, 15) is 4.21 Å². The van der Waals surface area contributed by atoms with Crippen LogP contribution >= 0.6 is 11.3 Å². The number of rotatable bonds is 3. The normalized spacial score (nSPS) is 12.6. The Kier molecular flexibility index (Phi) is 3.59. The lowest BCUT2D eigenvalue weighted by molar-refractivity contribution is 0.682. The van der Waals surface area contributed by atoms with E-state index in [-0.39, 0.29) is 0 Å². The van der Waals surface area contributed by atoms with E-state index in [2.05, 4.69) is 4.98 Å². The first-order valence-corrected chi connectivity index (χ1v) is 7.41. The zero-order valence-electron chi connectivity index (χ0n) is 9.77. The number of nitrogens with zero attached hydrogens (tertiary/aromatic N) is 1. The summed E-state index contributed by atoms with van der Waals surface area (Å²) in [5.41, 5.74) is 8.41. The number of nitrogens with two attached hydrogens (primary N) is 1. The monoisotopic (exact) mass is 266 g/mol. The summed E-state index contributed by atoms with van der Waals surface area (Å²) in [6.07, 6.45) is 0. The van der Waals surface area contributed by atoms with Gasteiger partial charge in [-0.2, -0.15) is 0 Å². The first-order valence-electron chi connectivity index (χ1n) is 5.22. The summed E-state index contributed by atoms with van der Waals surface area (Å²) in [4.78, 5) is 5.00. The van der Waals surface area contributed by atoms with E-state index < -0.39 is 10.8 Å². The van der Waals surface area contributed by atoms with E-state index in [0.29, 0.717) is 16.3 Å². The topological polar surface area (TPSA) is 56.0 Å². The van der Waals surface area contributed by atoms with Crippen LogP contribution in [0.1, 0.15) is 16.3 Å². The highest BCUT2D eigenvalue weighted by atomic mass is 32.2. The molecule has 0 aliphatic rings. The van der Waals surface area contributed by atoms with Gasteiger partial charge in [0.15, 0.2) is 0 Å². The van der Waals surface area contributed by atoms with Gasteiger partial charge in [0.1, 0.15) is 0 Å². The maximum absolute atomic E-state index is 12.2. The number of hydrogen-bond donors (Lipinski definition) is 1. The predicted molar refractivity (Wildman–Crippen MR) is 72.6 cm³/mol. The third-order valence-electron chi connectivity index (χ3n) is 2.36. The first-order chi connectivity index (χ1) is 8.06. The molecule has 0 fully saturated rings. The van der Waals surface area contributed by atoms with Crippen molar-refractivity contribution in [1.29, 1.82) is 0 Å². The Labute approximate surface area is 107 Å². The van der Waals surface area contributed by atoms with Crippen LogP contribution in [0.2, 0.25) is 0 Å². The molecule has 0 radical (unpaired) electrons. The van der Waals surface area contributed by atoms with E-state index in [0.717, 1.165) is 16.3 Å². The van der Waals surface area contributed by atoms with Crippen molar-refractivity contribution in [1.82, 2.24) is 4.98 Å². The number of aryl methyl sites for hydroxylation is 2. The molecule has 17 heavy (non-hydrogen) atoms. The molecule has 2 aromatic rings. The van der Waals surface area contributed by atoms with Gasteiger partial charge in [-0.3, -0.25) is 4.21 Å². The van der Waals surface area contributed by atoms with Crippen LogP contribution in [0.25, 0.3) is 0 Å². The fourth-order valence-corrected chi connectivity index (χ4v) is 3.39. The van der Waals surface area contributed by atoms with Gasteiger partial charge in [-0.1, -0.05) is 6.07 Å².